The summed E-state index contributed by atoms with van der Waals surface area (Å²) in [6.45, 7) is 0. The molecule has 0 unspecified atom stereocenters. The lowest BCUT2D eigenvalue weighted by Crippen LogP contribution is -2.05. The normalized spacial score (nSPS) is 12.5. The molecule has 1 N–H and O–H groups in total. The average Bonchev–Trinajstić information content (AvgIpc) is 2.74. The van der Waals surface area contributed by atoms with Gasteiger partial charge in [0, 0.05) is 13.2 Å². The molecule has 4 heteroatoms. The number of benzene rings is 1. The van der Waals surface area contributed by atoms with E-state index in [1.807, 2.05) is 19.3 Å². The summed E-state index contributed by atoms with van der Waals surface area (Å²) in [6.07, 6.45) is 0.994. The molecule has 0 bridgehead atoms. The zero-order valence-electron chi connectivity index (χ0n) is 9.72. The summed E-state index contributed by atoms with van der Waals surface area (Å²) in [5, 5.41) is 10.1. The predicted molar refractivity (Wildman–Crippen MR) is 62.4 cm³/mol. The molecule has 2 aromatic rings. The Morgan fingerprint density at radius 1 is 1.35 bits per heavy atom. The maximum absolute atomic E-state index is 13.5. The molecule has 90 valence electrons. The monoisotopic (exact) mass is 235 g/mol. The second kappa shape index (κ2) is 4.59. The summed E-state index contributed by atoms with van der Waals surface area (Å²) in [5.74, 6) is -0.300. The van der Waals surface area contributed by atoms with Gasteiger partial charge >= 0.3 is 0 Å². The van der Waals surface area contributed by atoms with Gasteiger partial charge in [-0.1, -0.05) is 6.07 Å². The summed E-state index contributed by atoms with van der Waals surface area (Å²) < 4.78 is 20.1. The number of hydrogen-bond acceptors (Lipinski definition) is 2. The highest BCUT2D eigenvalue weighted by Gasteiger charge is 2.15. The lowest BCUT2D eigenvalue weighted by atomic mass is 10.1. The van der Waals surface area contributed by atoms with Gasteiger partial charge < -0.3 is 14.4 Å². The number of aliphatic hydroxyl groups excluding tert-OH is 1. The third-order valence-electron chi connectivity index (χ3n) is 2.76. The molecule has 0 spiro atoms. The second-order valence-electron chi connectivity index (χ2n) is 3.84. The number of halogens is 1. The molecular weight excluding hydrogens is 221 g/mol. The Bertz CT molecular complexity index is 522. The summed E-state index contributed by atoms with van der Waals surface area (Å²) in [6, 6.07) is 8.08. The van der Waals surface area contributed by atoms with Crippen LogP contribution in [0.3, 0.4) is 0 Å². The van der Waals surface area contributed by atoms with Crippen LogP contribution in [0.4, 0.5) is 4.39 Å². The first-order valence-corrected chi connectivity index (χ1v) is 5.26. The minimum atomic E-state index is -0.838. The van der Waals surface area contributed by atoms with Crippen molar-refractivity contribution in [2.75, 3.05) is 7.11 Å². The fraction of sp³-hybridized carbons (Fsp3) is 0.231. The molecule has 3 nitrogen and oxygen atoms in total. The Kier molecular flexibility index (Phi) is 3.15. The van der Waals surface area contributed by atoms with E-state index in [-0.39, 0.29) is 5.75 Å². The lowest BCUT2D eigenvalue weighted by Gasteiger charge is -2.13. The van der Waals surface area contributed by atoms with E-state index in [2.05, 4.69) is 0 Å². The highest BCUT2D eigenvalue weighted by Crippen LogP contribution is 2.26. The van der Waals surface area contributed by atoms with Crippen molar-refractivity contribution in [2.24, 2.45) is 7.05 Å². The predicted octanol–water partition coefficient (Wildman–Crippen LogP) is 2.25. The third-order valence-corrected chi connectivity index (χ3v) is 2.76. The third kappa shape index (κ3) is 2.17. The van der Waals surface area contributed by atoms with Crippen LogP contribution in [0.15, 0.2) is 36.5 Å². The molecule has 1 atom stereocenters. The van der Waals surface area contributed by atoms with Crippen LogP contribution < -0.4 is 4.74 Å². The van der Waals surface area contributed by atoms with Crippen LogP contribution in [0, 0.1) is 5.82 Å². The first-order chi connectivity index (χ1) is 8.13. The van der Waals surface area contributed by atoms with Gasteiger partial charge in [0.1, 0.15) is 6.10 Å². The van der Waals surface area contributed by atoms with Crippen molar-refractivity contribution in [3.8, 4) is 5.75 Å². The van der Waals surface area contributed by atoms with Crippen molar-refractivity contribution in [1.82, 2.24) is 4.57 Å². The van der Waals surface area contributed by atoms with E-state index in [1.165, 1.54) is 19.2 Å². The largest absolute Gasteiger partial charge is 0.494 e. The standard InChI is InChI=1S/C13H14FNO2/c1-15-7-3-4-11(15)13(16)9-5-6-12(17-2)10(14)8-9/h3-8,13,16H,1-2H3/t13-/m0/s1. The van der Waals surface area contributed by atoms with Gasteiger partial charge in [-0.25, -0.2) is 4.39 Å². The molecule has 1 heterocycles. The number of aromatic nitrogens is 1. The van der Waals surface area contributed by atoms with E-state index in [9.17, 15) is 9.50 Å². The maximum atomic E-state index is 13.5. The van der Waals surface area contributed by atoms with Gasteiger partial charge in [-0.2, -0.15) is 0 Å². The van der Waals surface area contributed by atoms with E-state index in [4.69, 9.17) is 4.74 Å². The van der Waals surface area contributed by atoms with E-state index < -0.39 is 11.9 Å². The second-order valence-corrected chi connectivity index (χ2v) is 3.84. The average molecular weight is 235 g/mol. The minimum Gasteiger partial charge on any atom is -0.494 e. The van der Waals surface area contributed by atoms with Crippen LogP contribution in [0.2, 0.25) is 0 Å². The molecule has 0 fully saturated rings. The van der Waals surface area contributed by atoms with Gasteiger partial charge in [0.15, 0.2) is 11.6 Å². The SMILES string of the molecule is COc1ccc([C@H](O)c2cccn2C)cc1F. The van der Waals surface area contributed by atoms with Crippen LogP contribution in [0.25, 0.3) is 0 Å². The van der Waals surface area contributed by atoms with Gasteiger partial charge in [0.25, 0.3) is 0 Å². The van der Waals surface area contributed by atoms with Crippen molar-refractivity contribution in [3.63, 3.8) is 0 Å². The van der Waals surface area contributed by atoms with Gasteiger partial charge in [-0.15, -0.1) is 0 Å². The van der Waals surface area contributed by atoms with Crippen LogP contribution in [0.1, 0.15) is 17.4 Å². The van der Waals surface area contributed by atoms with Crippen LogP contribution in [-0.2, 0) is 7.05 Å². The molecule has 0 saturated carbocycles. The molecule has 1 aromatic carbocycles. The fourth-order valence-corrected chi connectivity index (χ4v) is 1.78. The number of hydrogen-bond donors (Lipinski definition) is 1. The van der Waals surface area contributed by atoms with Crippen LogP contribution in [0.5, 0.6) is 5.75 Å². The molecule has 1 aromatic heterocycles. The van der Waals surface area contributed by atoms with Crippen molar-refractivity contribution in [2.45, 2.75) is 6.10 Å². The molecule has 0 amide bonds. The number of rotatable bonds is 3. The van der Waals surface area contributed by atoms with Crippen LogP contribution >= 0.6 is 0 Å². The number of nitrogens with zero attached hydrogens (tertiary/aromatic N) is 1. The highest BCUT2D eigenvalue weighted by molar-refractivity contribution is 5.33. The molecule has 0 saturated heterocycles. The molecule has 0 radical (unpaired) electrons. The molecule has 17 heavy (non-hydrogen) atoms. The topological polar surface area (TPSA) is 34.4 Å². The fourth-order valence-electron chi connectivity index (χ4n) is 1.78. The molecule has 0 aliphatic heterocycles. The Morgan fingerprint density at radius 3 is 2.65 bits per heavy atom. The summed E-state index contributed by atoms with van der Waals surface area (Å²) in [7, 11) is 3.24. The van der Waals surface area contributed by atoms with Gasteiger partial charge in [0.05, 0.1) is 12.8 Å². The Morgan fingerprint density at radius 2 is 2.12 bits per heavy atom. The maximum Gasteiger partial charge on any atom is 0.165 e. The van der Waals surface area contributed by atoms with Crippen molar-refractivity contribution in [1.29, 1.82) is 0 Å². The first-order valence-electron chi connectivity index (χ1n) is 5.26. The van der Waals surface area contributed by atoms with E-state index in [0.717, 1.165) is 5.69 Å². The minimum absolute atomic E-state index is 0.174. The lowest BCUT2D eigenvalue weighted by molar-refractivity contribution is 0.211. The zero-order chi connectivity index (χ0) is 12.4. The number of ether oxygens (including phenoxy) is 1. The van der Waals surface area contributed by atoms with Gasteiger partial charge in [-0.3, -0.25) is 0 Å². The van der Waals surface area contributed by atoms with Crippen LogP contribution in [-0.4, -0.2) is 16.8 Å². The summed E-state index contributed by atoms with van der Waals surface area (Å²) >= 11 is 0. The molecule has 2 rings (SSSR count). The van der Waals surface area contributed by atoms with Crippen molar-refractivity contribution in [3.05, 3.63) is 53.6 Å². The molecule has 0 aliphatic rings. The highest BCUT2D eigenvalue weighted by atomic mass is 19.1. The number of aliphatic hydroxyl groups is 1. The first kappa shape index (κ1) is 11.7. The number of methoxy groups -OCH3 is 1. The van der Waals surface area contributed by atoms with E-state index in [1.54, 1.807) is 16.7 Å². The van der Waals surface area contributed by atoms with E-state index in [0.29, 0.717) is 5.56 Å². The van der Waals surface area contributed by atoms with Gasteiger partial charge in [0.2, 0.25) is 0 Å². The Labute approximate surface area is 99.1 Å². The summed E-state index contributed by atoms with van der Waals surface area (Å²) in [5.41, 5.74) is 1.22. The Balaban J connectivity index is 2.35. The van der Waals surface area contributed by atoms with Gasteiger partial charge in [-0.05, 0) is 29.8 Å². The Hall–Kier alpha value is -1.81. The quantitative estimate of drug-likeness (QED) is 0.885. The molecular formula is C13H14FNO2. The zero-order valence-corrected chi connectivity index (χ0v) is 9.72. The smallest absolute Gasteiger partial charge is 0.165 e. The summed E-state index contributed by atoms with van der Waals surface area (Å²) in [4.78, 5) is 0. The molecule has 0 aliphatic carbocycles. The van der Waals surface area contributed by atoms with Crippen molar-refractivity contribution < 1.29 is 14.2 Å². The number of aryl methyl sites for hydroxylation is 1. The van der Waals surface area contributed by atoms with Crippen molar-refractivity contribution >= 4 is 0 Å². The van der Waals surface area contributed by atoms with E-state index >= 15 is 0 Å².